The number of fused-ring (bicyclic) bond motifs is 1. The summed E-state index contributed by atoms with van der Waals surface area (Å²) >= 11 is 0. The van der Waals surface area contributed by atoms with Crippen molar-refractivity contribution >= 4 is 17.7 Å². The van der Waals surface area contributed by atoms with Crippen LogP contribution in [0.4, 0.5) is 10.1 Å². The number of rotatable bonds is 3. The first-order chi connectivity index (χ1) is 11.1. The third-order valence-electron chi connectivity index (χ3n) is 3.40. The van der Waals surface area contributed by atoms with Gasteiger partial charge in [-0.2, -0.15) is 0 Å². The van der Waals surface area contributed by atoms with E-state index in [2.05, 4.69) is 5.32 Å². The molecule has 1 aliphatic heterocycles. The van der Waals surface area contributed by atoms with Crippen molar-refractivity contribution in [2.24, 2.45) is 0 Å². The lowest BCUT2D eigenvalue weighted by molar-refractivity contribution is -0.111. The second-order valence-corrected chi connectivity index (χ2v) is 5.29. The topological polar surface area (TPSA) is 47.6 Å². The minimum atomic E-state index is -0.392. The van der Waals surface area contributed by atoms with Crippen LogP contribution in [-0.2, 0) is 16.1 Å². The van der Waals surface area contributed by atoms with Crippen LogP contribution in [0.2, 0.25) is 0 Å². The number of aryl methyl sites for hydroxylation is 1. The number of hydrogen-bond donors (Lipinski definition) is 1. The van der Waals surface area contributed by atoms with E-state index in [9.17, 15) is 9.18 Å². The predicted molar refractivity (Wildman–Crippen MR) is 85.5 cm³/mol. The maximum atomic E-state index is 13.6. The highest BCUT2D eigenvalue weighted by atomic mass is 19.1. The molecule has 0 atom stereocenters. The summed E-state index contributed by atoms with van der Waals surface area (Å²) in [5, 5.41) is 2.76. The van der Waals surface area contributed by atoms with Crippen LogP contribution >= 0.6 is 0 Å². The SMILES string of the molecule is Cc1cccc(NC(=O)C=Cc2cc(F)cc3c2OCOC3)c1. The van der Waals surface area contributed by atoms with Crippen LogP contribution in [0.25, 0.3) is 6.08 Å². The van der Waals surface area contributed by atoms with Gasteiger partial charge in [0.1, 0.15) is 11.6 Å². The number of benzene rings is 2. The lowest BCUT2D eigenvalue weighted by Gasteiger charge is -2.19. The Kier molecular flexibility index (Phi) is 4.39. The van der Waals surface area contributed by atoms with Gasteiger partial charge >= 0.3 is 0 Å². The fourth-order valence-electron chi connectivity index (χ4n) is 2.40. The number of ether oxygens (including phenoxy) is 2. The maximum absolute atomic E-state index is 13.6. The molecule has 0 bridgehead atoms. The van der Waals surface area contributed by atoms with Gasteiger partial charge in [0.05, 0.1) is 6.61 Å². The molecule has 0 aliphatic carbocycles. The molecule has 0 spiro atoms. The molecule has 2 aromatic carbocycles. The Labute approximate surface area is 133 Å². The number of halogens is 1. The maximum Gasteiger partial charge on any atom is 0.248 e. The van der Waals surface area contributed by atoms with E-state index in [1.165, 1.54) is 18.2 Å². The summed E-state index contributed by atoms with van der Waals surface area (Å²) in [6, 6.07) is 10.2. The van der Waals surface area contributed by atoms with Crippen molar-refractivity contribution in [1.29, 1.82) is 0 Å². The Morgan fingerprint density at radius 2 is 2.17 bits per heavy atom. The first-order valence-electron chi connectivity index (χ1n) is 7.20. The Morgan fingerprint density at radius 3 is 3.00 bits per heavy atom. The Balaban J connectivity index is 1.77. The minimum Gasteiger partial charge on any atom is -0.467 e. The summed E-state index contributed by atoms with van der Waals surface area (Å²) in [6.07, 6.45) is 2.90. The highest BCUT2D eigenvalue weighted by molar-refractivity contribution is 6.02. The second-order valence-electron chi connectivity index (χ2n) is 5.29. The number of amides is 1. The summed E-state index contributed by atoms with van der Waals surface area (Å²) < 4.78 is 24.2. The predicted octanol–water partition coefficient (Wildman–Crippen LogP) is 3.65. The van der Waals surface area contributed by atoms with Crippen LogP contribution in [0.5, 0.6) is 5.75 Å². The van der Waals surface area contributed by atoms with Crippen molar-refractivity contribution < 1.29 is 18.7 Å². The van der Waals surface area contributed by atoms with Crippen molar-refractivity contribution in [2.45, 2.75) is 13.5 Å². The fourth-order valence-corrected chi connectivity index (χ4v) is 2.40. The summed E-state index contributed by atoms with van der Waals surface area (Å²) in [5.74, 6) is -0.130. The molecule has 23 heavy (non-hydrogen) atoms. The average Bonchev–Trinajstić information content (AvgIpc) is 2.52. The smallest absolute Gasteiger partial charge is 0.248 e. The molecular weight excluding hydrogens is 297 g/mol. The second kappa shape index (κ2) is 6.62. The molecule has 0 radical (unpaired) electrons. The van der Waals surface area contributed by atoms with Gasteiger partial charge < -0.3 is 14.8 Å². The zero-order chi connectivity index (χ0) is 16.2. The molecule has 118 valence electrons. The highest BCUT2D eigenvalue weighted by Gasteiger charge is 2.15. The Morgan fingerprint density at radius 1 is 1.30 bits per heavy atom. The molecule has 1 amide bonds. The van der Waals surface area contributed by atoms with Crippen LogP contribution in [0.15, 0.2) is 42.5 Å². The van der Waals surface area contributed by atoms with Crippen LogP contribution in [0, 0.1) is 12.7 Å². The van der Waals surface area contributed by atoms with E-state index in [4.69, 9.17) is 9.47 Å². The summed E-state index contributed by atoms with van der Waals surface area (Å²) in [4.78, 5) is 12.0. The van der Waals surface area contributed by atoms with E-state index in [1.807, 2.05) is 31.2 Å². The van der Waals surface area contributed by atoms with E-state index in [1.54, 1.807) is 6.08 Å². The normalized spacial score (nSPS) is 13.5. The molecule has 0 saturated carbocycles. The molecule has 5 heteroatoms. The zero-order valence-electron chi connectivity index (χ0n) is 12.6. The quantitative estimate of drug-likeness (QED) is 0.880. The first-order valence-corrected chi connectivity index (χ1v) is 7.20. The van der Waals surface area contributed by atoms with Gasteiger partial charge in [0.2, 0.25) is 5.91 Å². The van der Waals surface area contributed by atoms with Crippen molar-refractivity contribution in [2.75, 3.05) is 12.1 Å². The highest BCUT2D eigenvalue weighted by Crippen LogP contribution is 2.30. The fraction of sp³-hybridized carbons (Fsp3) is 0.167. The van der Waals surface area contributed by atoms with Gasteiger partial charge in [-0.05, 0) is 42.8 Å². The minimum absolute atomic E-state index is 0.120. The molecule has 2 aromatic rings. The number of nitrogens with one attached hydrogen (secondary N) is 1. The van der Waals surface area contributed by atoms with Gasteiger partial charge in [0, 0.05) is 22.9 Å². The molecular formula is C18H16FNO3. The van der Waals surface area contributed by atoms with Crippen molar-refractivity contribution in [3.05, 3.63) is 65.0 Å². The summed E-state index contributed by atoms with van der Waals surface area (Å²) in [6.45, 7) is 2.36. The largest absolute Gasteiger partial charge is 0.467 e. The van der Waals surface area contributed by atoms with Crippen LogP contribution in [0.3, 0.4) is 0 Å². The van der Waals surface area contributed by atoms with E-state index in [0.717, 1.165) is 5.56 Å². The van der Waals surface area contributed by atoms with Gasteiger partial charge in [-0.1, -0.05) is 12.1 Å². The Hall–Kier alpha value is -2.66. The van der Waals surface area contributed by atoms with E-state index >= 15 is 0 Å². The molecule has 0 saturated heterocycles. The van der Waals surface area contributed by atoms with Gasteiger partial charge in [0.15, 0.2) is 6.79 Å². The lowest BCUT2D eigenvalue weighted by atomic mass is 10.1. The Bertz CT molecular complexity index is 771. The van der Waals surface area contributed by atoms with Gasteiger partial charge in [-0.3, -0.25) is 4.79 Å². The molecule has 0 unspecified atom stereocenters. The number of carbonyl (C=O) groups is 1. The van der Waals surface area contributed by atoms with Crippen LogP contribution in [-0.4, -0.2) is 12.7 Å². The molecule has 1 heterocycles. The zero-order valence-corrected chi connectivity index (χ0v) is 12.6. The van der Waals surface area contributed by atoms with Crippen molar-refractivity contribution in [3.63, 3.8) is 0 Å². The standard InChI is InChI=1S/C18H16FNO3/c1-12-3-2-4-16(7-12)20-17(21)6-5-13-8-15(19)9-14-10-22-11-23-18(13)14/h2-9H,10-11H2,1H3,(H,20,21). The molecule has 1 aliphatic rings. The molecule has 1 N–H and O–H groups in total. The average molecular weight is 313 g/mol. The third kappa shape index (κ3) is 3.76. The summed E-state index contributed by atoms with van der Waals surface area (Å²) in [5.41, 5.74) is 2.92. The summed E-state index contributed by atoms with van der Waals surface area (Å²) in [7, 11) is 0. The van der Waals surface area contributed by atoms with E-state index < -0.39 is 5.82 Å². The van der Waals surface area contributed by atoms with E-state index in [0.29, 0.717) is 29.2 Å². The lowest BCUT2D eigenvalue weighted by Crippen LogP contribution is -2.13. The molecule has 4 nitrogen and oxygen atoms in total. The third-order valence-corrected chi connectivity index (χ3v) is 3.40. The van der Waals surface area contributed by atoms with Gasteiger partial charge in [-0.25, -0.2) is 4.39 Å². The molecule has 3 rings (SSSR count). The van der Waals surface area contributed by atoms with Crippen molar-refractivity contribution in [3.8, 4) is 5.75 Å². The van der Waals surface area contributed by atoms with Crippen LogP contribution in [0.1, 0.15) is 16.7 Å². The number of carbonyl (C=O) groups excluding carboxylic acids is 1. The van der Waals surface area contributed by atoms with Crippen molar-refractivity contribution in [1.82, 2.24) is 0 Å². The number of anilines is 1. The number of hydrogen-bond acceptors (Lipinski definition) is 3. The monoisotopic (exact) mass is 313 g/mol. The van der Waals surface area contributed by atoms with Crippen LogP contribution < -0.4 is 10.1 Å². The van der Waals surface area contributed by atoms with Gasteiger partial charge in [-0.15, -0.1) is 0 Å². The molecule has 0 fully saturated rings. The van der Waals surface area contributed by atoms with E-state index in [-0.39, 0.29) is 12.7 Å². The molecule has 0 aromatic heterocycles. The first kappa shape index (κ1) is 15.2. The van der Waals surface area contributed by atoms with Gasteiger partial charge in [0.25, 0.3) is 0 Å².